The van der Waals surface area contributed by atoms with Gasteiger partial charge in [0, 0.05) is 12.7 Å². The fourth-order valence-corrected chi connectivity index (χ4v) is 1.82. The summed E-state index contributed by atoms with van der Waals surface area (Å²) < 4.78 is 1.04. The Hall–Kier alpha value is -0.570. The van der Waals surface area contributed by atoms with Gasteiger partial charge < -0.3 is 5.32 Å². The number of halogens is 1. The fraction of sp³-hybridized carbons (Fsp3) is 0.583. The number of hydrogen-bond acceptors (Lipinski definition) is 2. The first-order valence-corrected chi connectivity index (χ1v) is 6.04. The van der Waals surface area contributed by atoms with E-state index in [-0.39, 0.29) is 0 Å². The van der Waals surface area contributed by atoms with Gasteiger partial charge in [0.2, 0.25) is 0 Å². The Morgan fingerprint density at radius 3 is 2.60 bits per heavy atom. The van der Waals surface area contributed by atoms with Crippen molar-refractivity contribution < 1.29 is 0 Å². The van der Waals surface area contributed by atoms with Crippen LogP contribution in [0.2, 0.25) is 0 Å². The van der Waals surface area contributed by atoms with E-state index in [1.165, 1.54) is 5.56 Å². The Bertz CT molecular complexity index is 329. The van der Waals surface area contributed by atoms with E-state index in [0.717, 1.165) is 23.3 Å². The Morgan fingerprint density at radius 2 is 2.07 bits per heavy atom. The molecule has 0 aromatic carbocycles. The van der Waals surface area contributed by atoms with Gasteiger partial charge in [-0.3, -0.25) is 0 Å². The van der Waals surface area contributed by atoms with Crippen molar-refractivity contribution in [1.29, 1.82) is 0 Å². The van der Waals surface area contributed by atoms with Gasteiger partial charge in [0.25, 0.3) is 0 Å². The SMILES string of the molecule is Cc1cnc(NCCC(C)(C)C)c(Br)c1. The number of aromatic nitrogens is 1. The highest BCUT2D eigenvalue weighted by atomic mass is 79.9. The number of anilines is 1. The standard InChI is InChI=1S/C12H19BrN2/c1-9-7-10(13)11(15-8-9)14-6-5-12(2,3)4/h7-8H,5-6H2,1-4H3,(H,14,15). The van der Waals surface area contributed by atoms with E-state index in [9.17, 15) is 0 Å². The van der Waals surface area contributed by atoms with Crippen molar-refractivity contribution >= 4 is 21.7 Å². The van der Waals surface area contributed by atoms with Crippen molar-refractivity contribution in [2.45, 2.75) is 34.1 Å². The van der Waals surface area contributed by atoms with Crippen LogP contribution >= 0.6 is 15.9 Å². The summed E-state index contributed by atoms with van der Waals surface area (Å²) in [6, 6.07) is 2.08. The molecule has 3 heteroatoms. The predicted octanol–water partition coefficient (Wildman–Crippen LogP) is 4.00. The minimum atomic E-state index is 0.365. The number of rotatable bonds is 3. The molecule has 0 radical (unpaired) electrons. The topological polar surface area (TPSA) is 24.9 Å². The van der Waals surface area contributed by atoms with Crippen molar-refractivity contribution in [2.75, 3.05) is 11.9 Å². The minimum absolute atomic E-state index is 0.365. The molecule has 0 atom stereocenters. The summed E-state index contributed by atoms with van der Waals surface area (Å²) >= 11 is 3.50. The van der Waals surface area contributed by atoms with E-state index in [0.29, 0.717) is 5.41 Å². The molecule has 2 nitrogen and oxygen atoms in total. The molecule has 0 aliphatic rings. The molecule has 1 rings (SSSR count). The number of hydrogen-bond donors (Lipinski definition) is 1. The lowest BCUT2D eigenvalue weighted by Gasteiger charge is -2.18. The first-order valence-electron chi connectivity index (χ1n) is 5.24. The zero-order chi connectivity index (χ0) is 11.5. The third kappa shape index (κ3) is 4.65. The fourth-order valence-electron chi connectivity index (χ4n) is 1.22. The predicted molar refractivity (Wildman–Crippen MR) is 69.2 cm³/mol. The van der Waals surface area contributed by atoms with Crippen LogP contribution in [0.3, 0.4) is 0 Å². The zero-order valence-corrected chi connectivity index (χ0v) is 11.5. The number of nitrogens with one attached hydrogen (secondary N) is 1. The van der Waals surface area contributed by atoms with Crippen LogP contribution in [0.5, 0.6) is 0 Å². The average molecular weight is 271 g/mol. The second-order valence-corrected chi connectivity index (χ2v) is 5.93. The van der Waals surface area contributed by atoms with Crippen LogP contribution < -0.4 is 5.32 Å². The molecule has 0 fully saturated rings. The van der Waals surface area contributed by atoms with Gasteiger partial charge in [-0.15, -0.1) is 0 Å². The molecule has 0 spiro atoms. The Labute approximate surface area is 101 Å². The van der Waals surface area contributed by atoms with Crippen molar-refractivity contribution in [2.24, 2.45) is 5.41 Å². The summed E-state index contributed by atoms with van der Waals surface area (Å²) in [6.45, 7) is 9.72. The molecule has 0 saturated carbocycles. The normalized spacial score (nSPS) is 11.5. The quantitative estimate of drug-likeness (QED) is 0.898. The summed E-state index contributed by atoms with van der Waals surface area (Å²) in [6.07, 6.45) is 3.01. The zero-order valence-electron chi connectivity index (χ0n) is 9.89. The first-order chi connectivity index (χ1) is 6.88. The monoisotopic (exact) mass is 270 g/mol. The second kappa shape index (κ2) is 4.97. The highest BCUT2D eigenvalue weighted by Gasteiger charge is 2.09. The Kier molecular flexibility index (Phi) is 4.14. The highest BCUT2D eigenvalue weighted by molar-refractivity contribution is 9.10. The number of nitrogens with zero attached hydrogens (tertiary/aromatic N) is 1. The van der Waals surface area contributed by atoms with Crippen LogP contribution in [0, 0.1) is 12.3 Å². The van der Waals surface area contributed by atoms with Gasteiger partial charge in [0.15, 0.2) is 0 Å². The third-order valence-electron chi connectivity index (χ3n) is 2.15. The number of aryl methyl sites for hydroxylation is 1. The van der Waals surface area contributed by atoms with E-state index in [1.54, 1.807) is 0 Å². The molecule has 0 amide bonds. The minimum Gasteiger partial charge on any atom is -0.369 e. The van der Waals surface area contributed by atoms with Gasteiger partial charge >= 0.3 is 0 Å². The Morgan fingerprint density at radius 1 is 1.40 bits per heavy atom. The third-order valence-corrected chi connectivity index (χ3v) is 2.75. The summed E-state index contributed by atoms with van der Waals surface area (Å²) in [5, 5.41) is 3.34. The van der Waals surface area contributed by atoms with Crippen LogP contribution in [-0.4, -0.2) is 11.5 Å². The molecular weight excluding hydrogens is 252 g/mol. The van der Waals surface area contributed by atoms with E-state index >= 15 is 0 Å². The van der Waals surface area contributed by atoms with E-state index in [4.69, 9.17) is 0 Å². The maximum atomic E-state index is 4.34. The molecule has 1 aromatic heterocycles. The lowest BCUT2D eigenvalue weighted by molar-refractivity contribution is 0.389. The molecule has 1 N–H and O–H groups in total. The lowest BCUT2D eigenvalue weighted by Crippen LogP contribution is -2.13. The smallest absolute Gasteiger partial charge is 0.140 e. The maximum absolute atomic E-state index is 4.34. The molecule has 1 heterocycles. The lowest BCUT2D eigenvalue weighted by atomic mass is 9.92. The largest absolute Gasteiger partial charge is 0.369 e. The van der Waals surface area contributed by atoms with Gasteiger partial charge in [0.1, 0.15) is 5.82 Å². The van der Waals surface area contributed by atoms with Gasteiger partial charge in [-0.05, 0) is 46.3 Å². The van der Waals surface area contributed by atoms with Gasteiger partial charge in [-0.2, -0.15) is 0 Å². The summed E-state index contributed by atoms with van der Waals surface area (Å²) in [5.74, 6) is 0.935. The molecule has 0 unspecified atom stereocenters. The van der Waals surface area contributed by atoms with Crippen LogP contribution in [0.4, 0.5) is 5.82 Å². The average Bonchev–Trinajstić information content (AvgIpc) is 2.07. The maximum Gasteiger partial charge on any atom is 0.140 e. The van der Waals surface area contributed by atoms with Crippen LogP contribution in [0.15, 0.2) is 16.7 Å². The molecule has 0 bridgehead atoms. The molecule has 15 heavy (non-hydrogen) atoms. The van der Waals surface area contributed by atoms with Crippen molar-refractivity contribution in [3.63, 3.8) is 0 Å². The van der Waals surface area contributed by atoms with Crippen molar-refractivity contribution in [1.82, 2.24) is 4.98 Å². The van der Waals surface area contributed by atoms with Gasteiger partial charge in [-0.25, -0.2) is 4.98 Å². The van der Waals surface area contributed by atoms with Crippen molar-refractivity contribution in [3.8, 4) is 0 Å². The first kappa shape index (κ1) is 12.5. The molecule has 0 saturated heterocycles. The highest BCUT2D eigenvalue weighted by Crippen LogP contribution is 2.22. The van der Waals surface area contributed by atoms with Gasteiger partial charge in [-0.1, -0.05) is 20.8 Å². The van der Waals surface area contributed by atoms with Gasteiger partial charge in [0.05, 0.1) is 4.47 Å². The molecule has 1 aromatic rings. The van der Waals surface area contributed by atoms with Crippen LogP contribution in [-0.2, 0) is 0 Å². The molecule has 84 valence electrons. The Balaban J connectivity index is 2.51. The summed E-state index contributed by atoms with van der Waals surface area (Å²) in [4.78, 5) is 4.34. The van der Waals surface area contributed by atoms with Crippen LogP contribution in [0.25, 0.3) is 0 Å². The van der Waals surface area contributed by atoms with Crippen molar-refractivity contribution in [3.05, 3.63) is 22.3 Å². The summed E-state index contributed by atoms with van der Waals surface area (Å²) in [7, 11) is 0. The van der Waals surface area contributed by atoms with E-state index < -0.39 is 0 Å². The molecular formula is C12H19BrN2. The van der Waals surface area contributed by atoms with E-state index in [1.807, 2.05) is 13.1 Å². The molecule has 0 aliphatic carbocycles. The second-order valence-electron chi connectivity index (χ2n) is 5.08. The van der Waals surface area contributed by atoms with Crippen LogP contribution in [0.1, 0.15) is 32.8 Å². The molecule has 0 aliphatic heterocycles. The summed E-state index contributed by atoms with van der Waals surface area (Å²) in [5.41, 5.74) is 1.53. The van der Waals surface area contributed by atoms with E-state index in [2.05, 4.69) is 53.1 Å². The number of pyridine rings is 1.